The maximum absolute atomic E-state index is 10.9. The standard InChI is InChI=1S/C10H10O3/c1-7-4-2-3-5-8(7)6-9(11)10(12)13/h2-5H,6H2,1H3,(H,12,13). The van der Waals surface area contributed by atoms with Crippen molar-refractivity contribution in [3.63, 3.8) is 0 Å². The largest absolute Gasteiger partial charge is 0.475 e. The van der Waals surface area contributed by atoms with E-state index in [1.54, 1.807) is 12.1 Å². The van der Waals surface area contributed by atoms with E-state index in [0.29, 0.717) is 0 Å². The molecule has 0 radical (unpaired) electrons. The Morgan fingerprint density at radius 2 is 1.92 bits per heavy atom. The third-order valence-corrected chi connectivity index (χ3v) is 1.85. The lowest BCUT2D eigenvalue weighted by Gasteiger charge is -2.01. The van der Waals surface area contributed by atoms with Crippen molar-refractivity contribution in [1.82, 2.24) is 0 Å². The monoisotopic (exact) mass is 178 g/mol. The Morgan fingerprint density at radius 3 is 2.46 bits per heavy atom. The van der Waals surface area contributed by atoms with E-state index in [1.807, 2.05) is 19.1 Å². The van der Waals surface area contributed by atoms with Gasteiger partial charge in [0.2, 0.25) is 5.78 Å². The third kappa shape index (κ3) is 2.40. The molecule has 68 valence electrons. The molecule has 0 fully saturated rings. The van der Waals surface area contributed by atoms with Crippen LogP contribution < -0.4 is 0 Å². The number of aliphatic carboxylic acids is 1. The number of aryl methyl sites for hydroxylation is 1. The number of hydrogen-bond acceptors (Lipinski definition) is 2. The third-order valence-electron chi connectivity index (χ3n) is 1.85. The lowest BCUT2D eigenvalue weighted by atomic mass is 10.0. The molecule has 0 aliphatic carbocycles. The van der Waals surface area contributed by atoms with Gasteiger partial charge in [0.05, 0.1) is 0 Å². The maximum Gasteiger partial charge on any atom is 0.372 e. The van der Waals surface area contributed by atoms with Crippen LogP contribution in [0.25, 0.3) is 0 Å². The van der Waals surface area contributed by atoms with Gasteiger partial charge in [0, 0.05) is 6.42 Å². The number of Topliss-reactive ketones (excluding diaryl/α,β-unsaturated/α-hetero) is 1. The van der Waals surface area contributed by atoms with Crippen molar-refractivity contribution >= 4 is 11.8 Å². The van der Waals surface area contributed by atoms with Gasteiger partial charge in [0.1, 0.15) is 0 Å². The van der Waals surface area contributed by atoms with Gasteiger partial charge in [-0.1, -0.05) is 24.3 Å². The molecule has 0 unspecified atom stereocenters. The van der Waals surface area contributed by atoms with Crippen LogP contribution in [0, 0.1) is 6.92 Å². The quantitative estimate of drug-likeness (QED) is 0.707. The number of carboxylic acids is 1. The highest BCUT2D eigenvalue weighted by Crippen LogP contribution is 2.07. The first-order chi connectivity index (χ1) is 6.11. The molecular formula is C10H10O3. The van der Waals surface area contributed by atoms with Crippen molar-refractivity contribution in [3.05, 3.63) is 35.4 Å². The van der Waals surface area contributed by atoms with Crippen molar-refractivity contribution in [2.75, 3.05) is 0 Å². The average Bonchev–Trinajstić information content (AvgIpc) is 2.08. The average molecular weight is 178 g/mol. The van der Waals surface area contributed by atoms with Crippen LogP contribution in [-0.2, 0) is 16.0 Å². The van der Waals surface area contributed by atoms with Crippen LogP contribution in [0.15, 0.2) is 24.3 Å². The predicted molar refractivity (Wildman–Crippen MR) is 47.5 cm³/mol. The summed E-state index contributed by atoms with van der Waals surface area (Å²) in [6.07, 6.45) is -0.0258. The summed E-state index contributed by atoms with van der Waals surface area (Å²) in [7, 11) is 0. The Morgan fingerprint density at radius 1 is 1.31 bits per heavy atom. The first-order valence-corrected chi connectivity index (χ1v) is 3.92. The summed E-state index contributed by atoms with van der Waals surface area (Å²) in [5.41, 5.74) is 1.71. The molecule has 0 amide bonds. The van der Waals surface area contributed by atoms with E-state index in [0.717, 1.165) is 11.1 Å². The molecule has 0 aliphatic heterocycles. The van der Waals surface area contributed by atoms with Gasteiger partial charge in [0.15, 0.2) is 0 Å². The van der Waals surface area contributed by atoms with Gasteiger partial charge < -0.3 is 5.11 Å². The number of carbonyl (C=O) groups is 2. The lowest BCUT2D eigenvalue weighted by molar-refractivity contribution is -0.148. The highest BCUT2D eigenvalue weighted by Gasteiger charge is 2.12. The second kappa shape index (κ2) is 3.85. The Kier molecular flexibility index (Phi) is 2.80. The molecule has 1 aromatic carbocycles. The number of ketones is 1. The van der Waals surface area contributed by atoms with Gasteiger partial charge in [-0.25, -0.2) is 4.79 Å². The summed E-state index contributed by atoms with van der Waals surface area (Å²) < 4.78 is 0. The molecule has 0 saturated carbocycles. The van der Waals surface area contributed by atoms with E-state index in [-0.39, 0.29) is 6.42 Å². The van der Waals surface area contributed by atoms with Gasteiger partial charge in [0.25, 0.3) is 0 Å². The van der Waals surface area contributed by atoms with Gasteiger partial charge in [-0.05, 0) is 18.1 Å². The Balaban J connectivity index is 2.81. The Hall–Kier alpha value is -1.64. The molecule has 3 heteroatoms. The van der Waals surface area contributed by atoms with Gasteiger partial charge in [-0.15, -0.1) is 0 Å². The predicted octanol–water partition coefficient (Wildman–Crippen LogP) is 1.19. The molecule has 0 atom stereocenters. The summed E-state index contributed by atoms with van der Waals surface area (Å²) in [6.45, 7) is 1.85. The van der Waals surface area contributed by atoms with Gasteiger partial charge >= 0.3 is 5.97 Å². The minimum atomic E-state index is -1.37. The topological polar surface area (TPSA) is 54.4 Å². The van der Waals surface area contributed by atoms with E-state index in [4.69, 9.17) is 5.11 Å². The summed E-state index contributed by atoms with van der Waals surface area (Å²) in [5, 5.41) is 8.38. The molecule has 0 spiro atoms. The minimum absolute atomic E-state index is 0.0258. The van der Waals surface area contributed by atoms with Crippen LogP contribution in [0.1, 0.15) is 11.1 Å². The number of carboxylic acid groups (broad SMARTS) is 1. The Labute approximate surface area is 76.0 Å². The zero-order valence-electron chi connectivity index (χ0n) is 7.28. The molecule has 0 saturated heterocycles. The van der Waals surface area contributed by atoms with Crippen molar-refractivity contribution in [3.8, 4) is 0 Å². The number of rotatable bonds is 3. The zero-order valence-corrected chi connectivity index (χ0v) is 7.28. The summed E-state index contributed by atoms with van der Waals surface area (Å²) in [6, 6.07) is 7.25. The van der Waals surface area contributed by atoms with Crippen molar-refractivity contribution in [1.29, 1.82) is 0 Å². The molecule has 0 bridgehead atoms. The van der Waals surface area contributed by atoms with Crippen LogP contribution in [0.2, 0.25) is 0 Å². The smallest absolute Gasteiger partial charge is 0.372 e. The second-order valence-electron chi connectivity index (χ2n) is 2.83. The molecule has 13 heavy (non-hydrogen) atoms. The van der Waals surface area contributed by atoms with Gasteiger partial charge in [-0.3, -0.25) is 4.79 Å². The van der Waals surface area contributed by atoms with Crippen molar-refractivity contribution < 1.29 is 14.7 Å². The van der Waals surface area contributed by atoms with Crippen LogP contribution in [0.4, 0.5) is 0 Å². The maximum atomic E-state index is 10.9. The summed E-state index contributed by atoms with van der Waals surface area (Å²) in [4.78, 5) is 21.1. The molecule has 1 aromatic rings. The van der Waals surface area contributed by atoms with E-state index < -0.39 is 11.8 Å². The second-order valence-corrected chi connectivity index (χ2v) is 2.83. The summed E-state index contributed by atoms with van der Waals surface area (Å²) >= 11 is 0. The molecule has 0 aromatic heterocycles. The Bertz CT molecular complexity index is 342. The first kappa shape index (κ1) is 9.45. The number of hydrogen-bond donors (Lipinski definition) is 1. The summed E-state index contributed by atoms with van der Waals surface area (Å²) in [5.74, 6) is -2.14. The minimum Gasteiger partial charge on any atom is -0.475 e. The molecule has 0 aliphatic rings. The van der Waals surface area contributed by atoms with E-state index in [2.05, 4.69) is 0 Å². The van der Waals surface area contributed by atoms with E-state index in [1.165, 1.54) is 0 Å². The zero-order chi connectivity index (χ0) is 9.84. The molecule has 1 N–H and O–H groups in total. The SMILES string of the molecule is Cc1ccccc1CC(=O)C(=O)O. The molecule has 0 heterocycles. The van der Waals surface area contributed by atoms with Crippen molar-refractivity contribution in [2.24, 2.45) is 0 Å². The highest BCUT2D eigenvalue weighted by molar-refractivity contribution is 6.33. The molecular weight excluding hydrogens is 168 g/mol. The van der Waals surface area contributed by atoms with Crippen molar-refractivity contribution in [2.45, 2.75) is 13.3 Å². The first-order valence-electron chi connectivity index (χ1n) is 3.92. The number of carbonyl (C=O) groups excluding carboxylic acids is 1. The van der Waals surface area contributed by atoms with Gasteiger partial charge in [-0.2, -0.15) is 0 Å². The fraction of sp³-hybridized carbons (Fsp3) is 0.200. The van der Waals surface area contributed by atoms with E-state index >= 15 is 0 Å². The molecule has 1 rings (SSSR count). The highest BCUT2D eigenvalue weighted by atomic mass is 16.4. The lowest BCUT2D eigenvalue weighted by Crippen LogP contribution is -2.15. The van der Waals surface area contributed by atoms with Crippen LogP contribution in [0.3, 0.4) is 0 Å². The van der Waals surface area contributed by atoms with Crippen LogP contribution >= 0.6 is 0 Å². The number of benzene rings is 1. The van der Waals surface area contributed by atoms with Crippen LogP contribution in [-0.4, -0.2) is 16.9 Å². The fourth-order valence-electron chi connectivity index (χ4n) is 1.06. The van der Waals surface area contributed by atoms with E-state index in [9.17, 15) is 9.59 Å². The van der Waals surface area contributed by atoms with Crippen LogP contribution in [0.5, 0.6) is 0 Å². The molecule has 3 nitrogen and oxygen atoms in total. The normalized spacial score (nSPS) is 9.62. The fourth-order valence-corrected chi connectivity index (χ4v) is 1.06.